The normalized spacial score (nSPS) is 11.4. The molecule has 5 N–H and O–H groups in total. The van der Waals surface area contributed by atoms with Crippen LogP contribution in [-0.4, -0.2) is 27.1 Å². The van der Waals surface area contributed by atoms with Gasteiger partial charge in [-0.15, -0.1) is 0 Å². The van der Waals surface area contributed by atoms with E-state index in [1.54, 1.807) is 42.6 Å². The molecule has 0 bridgehead atoms. The fourth-order valence-corrected chi connectivity index (χ4v) is 2.48. The van der Waals surface area contributed by atoms with Crippen molar-refractivity contribution in [3.63, 3.8) is 0 Å². The summed E-state index contributed by atoms with van der Waals surface area (Å²) in [6.07, 6.45) is 3.57. The number of aromatic nitrogens is 2. The van der Waals surface area contributed by atoms with Crippen LogP contribution in [0.3, 0.4) is 0 Å². The molecule has 2 aromatic heterocycles. The van der Waals surface area contributed by atoms with E-state index in [0.717, 1.165) is 0 Å². The summed E-state index contributed by atoms with van der Waals surface area (Å²) >= 11 is 0. The number of carbonyl (C=O) groups excluding carboxylic acids is 1. The third kappa shape index (κ3) is 2.95. The summed E-state index contributed by atoms with van der Waals surface area (Å²) in [4.78, 5) is 29.9. The summed E-state index contributed by atoms with van der Waals surface area (Å²) in [6, 6.07) is 10.6. The van der Waals surface area contributed by atoms with E-state index in [0.29, 0.717) is 33.4 Å². The van der Waals surface area contributed by atoms with Crippen molar-refractivity contribution >= 4 is 40.4 Å². The lowest BCUT2D eigenvalue weighted by Gasteiger charge is -2.06. The Morgan fingerprint density at radius 1 is 1.21 bits per heavy atom. The average Bonchev–Trinajstić information content (AvgIpc) is 2.97. The van der Waals surface area contributed by atoms with E-state index >= 15 is 0 Å². The van der Waals surface area contributed by atoms with E-state index in [1.165, 1.54) is 6.20 Å². The molecule has 0 unspecified atom stereocenters. The monoisotopic (exact) mass is 322 g/mol. The third-order valence-electron chi connectivity index (χ3n) is 3.50. The molecule has 0 atom stereocenters. The Balaban J connectivity index is 2.18. The highest BCUT2D eigenvalue weighted by Crippen LogP contribution is 2.28. The number of anilines is 1. The van der Waals surface area contributed by atoms with E-state index in [9.17, 15) is 9.59 Å². The van der Waals surface area contributed by atoms with E-state index in [4.69, 9.17) is 10.8 Å². The fourth-order valence-electron chi connectivity index (χ4n) is 2.48. The Labute approximate surface area is 136 Å². The first-order valence-electron chi connectivity index (χ1n) is 7.09. The molecule has 0 fully saturated rings. The van der Waals surface area contributed by atoms with Crippen LogP contribution in [0.5, 0.6) is 0 Å². The molecular weight excluding hydrogens is 308 g/mol. The van der Waals surface area contributed by atoms with Crippen molar-refractivity contribution in [2.75, 3.05) is 5.32 Å². The van der Waals surface area contributed by atoms with Crippen molar-refractivity contribution in [1.29, 1.82) is 0 Å². The molecule has 24 heavy (non-hydrogen) atoms. The van der Waals surface area contributed by atoms with E-state index in [-0.39, 0.29) is 0 Å². The Bertz CT molecular complexity index is 945. The summed E-state index contributed by atoms with van der Waals surface area (Å²) in [5.74, 6) is -0.577. The summed E-state index contributed by atoms with van der Waals surface area (Å²) < 4.78 is 0. The van der Waals surface area contributed by atoms with Crippen molar-refractivity contribution in [3.05, 3.63) is 59.9 Å². The molecular formula is C17H14N4O3. The van der Waals surface area contributed by atoms with Gasteiger partial charge in [-0.05, 0) is 17.7 Å². The van der Waals surface area contributed by atoms with Gasteiger partial charge in [0, 0.05) is 28.9 Å². The number of rotatable bonds is 4. The largest absolute Gasteiger partial charge is 0.465 e. The van der Waals surface area contributed by atoms with Gasteiger partial charge in [-0.1, -0.05) is 30.3 Å². The first kappa shape index (κ1) is 15.3. The Hall–Kier alpha value is -3.61. The summed E-state index contributed by atoms with van der Waals surface area (Å²) in [6.45, 7) is 0. The smallest absolute Gasteiger partial charge is 0.409 e. The molecule has 0 aliphatic rings. The number of carboxylic acid groups (broad SMARTS) is 1. The molecule has 0 aliphatic carbocycles. The highest BCUT2D eigenvalue weighted by molar-refractivity contribution is 6.24. The van der Waals surface area contributed by atoms with Gasteiger partial charge in [0.25, 0.3) is 0 Å². The highest BCUT2D eigenvalue weighted by atomic mass is 16.4. The van der Waals surface area contributed by atoms with Gasteiger partial charge < -0.3 is 15.8 Å². The highest BCUT2D eigenvalue weighted by Gasteiger charge is 2.13. The van der Waals surface area contributed by atoms with Crippen LogP contribution < -0.4 is 11.1 Å². The lowest BCUT2D eigenvalue weighted by Crippen LogP contribution is -2.12. The van der Waals surface area contributed by atoms with Crippen LogP contribution in [0.25, 0.3) is 22.7 Å². The van der Waals surface area contributed by atoms with Crippen LogP contribution in [0.15, 0.2) is 48.8 Å². The number of nitrogens with one attached hydrogen (secondary N) is 2. The van der Waals surface area contributed by atoms with Crippen molar-refractivity contribution in [2.45, 2.75) is 0 Å². The first-order chi connectivity index (χ1) is 11.6. The number of pyridine rings is 1. The molecule has 2 heterocycles. The molecule has 2 amide bonds. The maximum absolute atomic E-state index is 11.8. The number of fused-ring (bicyclic) bond motifs is 1. The lowest BCUT2D eigenvalue weighted by molar-refractivity contribution is -0.112. The predicted molar refractivity (Wildman–Crippen MR) is 91.2 cm³/mol. The second kappa shape index (κ2) is 6.25. The predicted octanol–water partition coefficient (Wildman–Crippen LogP) is 2.68. The van der Waals surface area contributed by atoms with Gasteiger partial charge in [0.2, 0.25) is 5.91 Å². The Morgan fingerprint density at radius 2 is 1.96 bits per heavy atom. The average molecular weight is 322 g/mol. The standard InChI is InChI=1S/C17H14N4O3/c18-15(22)12(10-4-2-1-3-5-10)8-11-9-20-16-14(11)13(6-7-19-16)21-17(23)24/h1-9H,(H2,18,22)(H,23,24)(H2,19,20,21). The zero-order valence-electron chi connectivity index (χ0n) is 12.5. The number of hydrogen-bond donors (Lipinski definition) is 4. The van der Waals surface area contributed by atoms with Gasteiger partial charge in [-0.25, -0.2) is 9.78 Å². The minimum absolute atomic E-state index is 0.321. The molecule has 0 saturated carbocycles. The Morgan fingerprint density at radius 3 is 2.62 bits per heavy atom. The van der Waals surface area contributed by atoms with Gasteiger partial charge in [0.1, 0.15) is 5.65 Å². The zero-order chi connectivity index (χ0) is 17.1. The van der Waals surface area contributed by atoms with Gasteiger partial charge in [0.15, 0.2) is 0 Å². The maximum Gasteiger partial charge on any atom is 0.409 e. The third-order valence-corrected chi connectivity index (χ3v) is 3.50. The summed E-state index contributed by atoms with van der Waals surface area (Å²) in [7, 11) is 0. The molecule has 3 rings (SSSR count). The van der Waals surface area contributed by atoms with Crippen molar-refractivity contribution in [1.82, 2.24) is 9.97 Å². The van der Waals surface area contributed by atoms with Crippen LogP contribution in [-0.2, 0) is 4.79 Å². The van der Waals surface area contributed by atoms with Gasteiger partial charge >= 0.3 is 6.09 Å². The van der Waals surface area contributed by atoms with Crippen LogP contribution in [0.2, 0.25) is 0 Å². The van der Waals surface area contributed by atoms with E-state index < -0.39 is 12.0 Å². The molecule has 0 saturated heterocycles. The molecule has 0 aliphatic heterocycles. The molecule has 1 aromatic carbocycles. The van der Waals surface area contributed by atoms with Gasteiger partial charge in [-0.3, -0.25) is 10.1 Å². The number of aromatic amines is 1. The van der Waals surface area contributed by atoms with Crippen molar-refractivity contribution in [2.24, 2.45) is 5.73 Å². The molecule has 7 heteroatoms. The lowest BCUT2D eigenvalue weighted by atomic mass is 10.0. The molecule has 120 valence electrons. The minimum atomic E-state index is -1.18. The SMILES string of the molecule is NC(=O)C(=Cc1c[nH]c2nccc(NC(=O)O)c12)c1ccccc1. The number of amides is 2. The molecule has 3 aromatic rings. The second-order valence-electron chi connectivity index (χ2n) is 5.04. The number of primary amides is 1. The number of carbonyl (C=O) groups is 2. The topological polar surface area (TPSA) is 121 Å². The van der Waals surface area contributed by atoms with Crippen molar-refractivity contribution < 1.29 is 14.7 Å². The number of nitrogens with zero attached hydrogens (tertiary/aromatic N) is 1. The van der Waals surface area contributed by atoms with Crippen molar-refractivity contribution in [3.8, 4) is 0 Å². The fraction of sp³-hybridized carbons (Fsp3) is 0. The van der Waals surface area contributed by atoms with E-state index in [2.05, 4.69) is 15.3 Å². The maximum atomic E-state index is 11.8. The van der Waals surface area contributed by atoms with Gasteiger partial charge in [0.05, 0.1) is 5.69 Å². The molecule has 0 radical (unpaired) electrons. The minimum Gasteiger partial charge on any atom is -0.465 e. The van der Waals surface area contributed by atoms with Crippen LogP contribution in [0.4, 0.5) is 10.5 Å². The number of nitrogens with two attached hydrogens (primary N) is 1. The summed E-state index contributed by atoms with van der Waals surface area (Å²) in [5.41, 5.74) is 7.99. The van der Waals surface area contributed by atoms with E-state index in [1.807, 2.05) is 6.07 Å². The second-order valence-corrected chi connectivity index (χ2v) is 5.04. The van der Waals surface area contributed by atoms with Gasteiger partial charge in [-0.2, -0.15) is 0 Å². The van der Waals surface area contributed by atoms with Crippen LogP contribution in [0.1, 0.15) is 11.1 Å². The number of H-pyrrole nitrogens is 1. The number of benzene rings is 1. The first-order valence-corrected chi connectivity index (χ1v) is 7.09. The quantitative estimate of drug-likeness (QED) is 0.552. The van der Waals surface area contributed by atoms with Crippen LogP contribution >= 0.6 is 0 Å². The zero-order valence-corrected chi connectivity index (χ0v) is 12.5. The number of hydrogen-bond acceptors (Lipinski definition) is 3. The molecule has 7 nitrogen and oxygen atoms in total. The summed E-state index contributed by atoms with van der Waals surface area (Å²) in [5, 5.41) is 11.9. The Kier molecular flexibility index (Phi) is 3.98. The molecule has 0 spiro atoms. The van der Waals surface area contributed by atoms with Crippen LogP contribution in [0, 0.1) is 0 Å².